The zero-order valence-electron chi connectivity index (χ0n) is 42.7. The van der Waals surface area contributed by atoms with E-state index in [2.05, 4.69) is 159 Å². The molecule has 1 amide bonds. The van der Waals surface area contributed by atoms with Gasteiger partial charge in [0.05, 0.1) is 5.69 Å². The fraction of sp³-hybridized carbons (Fsp3) is 0.466. The number of pyridine rings is 1. The third-order valence-corrected chi connectivity index (χ3v) is 13.4. The van der Waals surface area contributed by atoms with Crippen LogP contribution in [0.15, 0.2) is 125 Å². The molecule has 0 radical (unpaired) electrons. The summed E-state index contributed by atoms with van der Waals surface area (Å²) in [6, 6.07) is 40.0. The van der Waals surface area contributed by atoms with Crippen molar-refractivity contribution in [3.8, 4) is 0 Å². The van der Waals surface area contributed by atoms with Gasteiger partial charge in [-0.05, 0) is 104 Å². The minimum atomic E-state index is 0.0482. The Morgan fingerprint density at radius 3 is 1.96 bits per heavy atom. The fourth-order valence-corrected chi connectivity index (χ4v) is 9.15. The molecular formula is C58H78N6O3. The van der Waals surface area contributed by atoms with Crippen LogP contribution in [-0.4, -0.2) is 63.2 Å². The Hall–Kier alpha value is -5.67. The highest BCUT2D eigenvalue weighted by Crippen LogP contribution is 2.42. The molecule has 10 rings (SSSR count). The van der Waals surface area contributed by atoms with Crippen molar-refractivity contribution in [2.75, 3.05) is 30.3 Å². The van der Waals surface area contributed by atoms with Gasteiger partial charge in [0.1, 0.15) is 0 Å². The number of amides is 1. The number of hydrogen-bond acceptors (Lipinski definition) is 7. The Morgan fingerprint density at radius 2 is 1.30 bits per heavy atom. The van der Waals surface area contributed by atoms with Gasteiger partial charge in [0.25, 0.3) is 11.5 Å². The summed E-state index contributed by atoms with van der Waals surface area (Å²) in [5.41, 5.74) is 11.6. The number of nitrogens with one attached hydrogen (secondary N) is 2. The fourth-order valence-electron chi connectivity index (χ4n) is 9.15. The van der Waals surface area contributed by atoms with Crippen LogP contribution in [0.5, 0.6) is 0 Å². The average molecular weight is 907 g/mol. The largest absolute Gasteiger partial charge is 0.384 e. The van der Waals surface area contributed by atoms with Crippen molar-refractivity contribution in [3.05, 3.63) is 159 Å². The number of aromatic nitrogens is 2. The summed E-state index contributed by atoms with van der Waals surface area (Å²) in [5.74, 6) is 0.838. The Bertz CT molecular complexity index is 2600. The van der Waals surface area contributed by atoms with Gasteiger partial charge >= 0.3 is 0 Å². The van der Waals surface area contributed by atoms with Crippen LogP contribution in [0.3, 0.4) is 0 Å². The lowest BCUT2D eigenvalue weighted by atomic mass is 9.78. The van der Waals surface area contributed by atoms with E-state index in [9.17, 15) is 9.59 Å². The van der Waals surface area contributed by atoms with Crippen molar-refractivity contribution in [1.82, 2.24) is 19.5 Å². The minimum Gasteiger partial charge on any atom is -0.384 e. The molecule has 0 bridgehead atoms. The second-order valence-electron chi connectivity index (χ2n) is 22.2. The number of carbonyl (C=O) groups is 1. The third-order valence-electron chi connectivity index (χ3n) is 13.4. The molecule has 4 aliphatic rings. The van der Waals surface area contributed by atoms with Crippen molar-refractivity contribution >= 4 is 28.3 Å². The van der Waals surface area contributed by atoms with Gasteiger partial charge in [-0.15, -0.1) is 0 Å². The Labute approximate surface area is 401 Å². The van der Waals surface area contributed by atoms with Gasteiger partial charge in [0.15, 0.2) is 5.58 Å². The van der Waals surface area contributed by atoms with Gasteiger partial charge in [-0.1, -0.05) is 140 Å². The van der Waals surface area contributed by atoms with Crippen molar-refractivity contribution in [2.45, 2.75) is 145 Å². The number of nitrogens with zero attached hydrogens (tertiary/aromatic N) is 4. The first kappa shape index (κ1) is 50.7. The monoisotopic (exact) mass is 907 g/mol. The summed E-state index contributed by atoms with van der Waals surface area (Å²) in [5, 5.41) is 12.2. The minimum absolute atomic E-state index is 0.0482. The van der Waals surface area contributed by atoms with Gasteiger partial charge in [-0.3, -0.25) is 14.5 Å². The first-order valence-corrected chi connectivity index (χ1v) is 24.5. The van der Waals surface area contributed by atoms with E-state index in [-0.39, 0.29) is 16.9 Å². The van der Waals surface area contributed by atoms with E-state index in [1.54, 1.807) is 6.07 Å². The molecule has 6 aromatic rings. The molecule has 9 nitrogen and oxygen atoms in total. The van der Waals surface area contributed by atoms with Crippen molar-refractivity contribution in [3.63, 3.8) is 0 Å². The predicted octanol–water partition coefficient (Wildman–Crippen LogP) is 12.6. The van der Waals surface area contributed by atoms with Crippen LogP contribution < -0.4 is 16.2 Å². The molecule has 358 valence electrons. The van der Waals surface area contributed by atoms with Crippen LogP contribution in [0.2, 0.25) is 0 Å². The molecular weight excluding hydrogens is 829 g/mol. The Balaban J connectivity index is 0.000000138. The van der Waals surface area contributed by atoms with Crippen LogP contribution in [0, 0.1) is 10.8 Å². The lowest BCUT2D eigenvalue weighted by Gasteiger charge is -2.32. The normalized spacial score (nSPS) is 17.4. The predicted molar refractivity (Wildman–Crippen MR) is 279 cm³/mol. The molecule has 2 atom stereocenters. The molecule has 2 N–H and O–H groups in total. The lowest BCUT2D eigenvalue weighted by Crippen LogP contribution is -2.41. The standard InChI is InChI=1S/C12H15NO.2C12H17N.C11H16N2O.C11H13NO/c1-9(2)13-8-7-10-5-3-4-6-11(10)12(13)14;1-12(2,3)10-8-13-11-7-5-4-6-9(10)11;1-12(2,3)11-8-9-6-4-5-7-10(9)13-11;1-9(2)12-6-7-13-10(8-12)4-3-5-11(13)14;1-11(2,3)10-8-6-4-5-7-9(8)13-12-10/h3-6,9H,7-8H2,1-2H3;4-7,10,13H,8H2,1-3H3;4-7,11,13H,8H2,1-3H3;3-5,9H,6-8H2,1-2H3;4-7H,1-3H3. The van der Waals surface area contributed by atoms with Gasteiger partial charge in [-0.25, -0.2) is 0 Å². The van der Waals surface area contributed by atoms with Gasteiger partial charge < -0.3 is 24.6 Å². The quantitative estimate of drug-likeness (QED) is 0.179. The molecule has 9 heteroatoms. The first-order valence-electron chi connectivity index (χ1n) is 24.5. The average Bonchev–Trinajstić information content (AvgIpc) is 4.05. The highest BCUT2D eigenvalue weighted by atomic mass is 16.5. The van der Waals surface area contributed by atoms with E-state index >= 15 is 0 Å². The zero-order chi connectivity index (χ0) is 48.7. The maximum absolute atomic E-state index is 12.0. The van der Waals surface area contributed by atoms with Crippen LogP contribution in [0.25, 0.3) is 11.0 Å². The van der Waals surface area contributed by atoms with E-state index in [4.69, 9.17) is 4.52 Å². The van der Waals surface area contributed by atoms with E-state index in [1.165, 1.54) is 34.5 Å². The van der Waals surface area contributed by atoms with Gasteiger partial charge in [0, 0.05) is 96.3 Å². The third kappa shape index (κ3) is 12.9. The number of benzene rings is 4. The molecule has 4 aliphatic heterocycles. The number of fused-ring (bicyclic) bond motifs is 5. The van der Waals surface area contributed by atoms with Gasteiger partial charge in [0.2, 0.25) is 0 Å². The molecule has 0 aliphatic carbocycles. The SMILES string of the molecule is CC(C)(C)C1CNc2ccccc21.CC(C)(C)C1Cc2ccccc2N1.CC(C)(C)c1noc2ccccc12.CC(C)N1CCc2ccccc2C1=O.CC(C)N1CCn2c(cccc2=O)C1. The van der Waals surface area contributed by atoms with Crippen LogP contribution in [0.4, 0.5) is 11.4 Å². The summed E-state index contributed by atoms with van der Waals surface area (Å²) in [4.78, 5) is 27.8. The van der Waals surface area contributed by atoms with E-state index < -0.39 is 0 Å². The molecule has 0 saturated carbocycles. The molecule has 2 unspecified atom stereocenters. The molecule has 67 heavy (non-hydrogen) atoms. The number of rotatable bonds is 2. The molecule has 4 aromatic carbocycles. The Morgan fingerprint density at radius 1 is 0.657 bits per heavy atom. The second-order valence-corrected chi connectivity index (χ2v) is 22.2. The van der Waals surface area contributed by atoms with E-state index in [0.29, 0.717) is 34.9 Å². The zero-order valence-corrected chi connectivity index (χ0v) is 42.7. The summed E-state index contributed by atoms with van der Waals surface area (Å²) in [6.07, 6.45) is 2.15. The lowest BCUT2D eigenvalue weighted by molar-refractivity contribution is 0.0688. The smallest absolute Gasteiger partial charge is 0.254 e. The van der Waals surface area contributed by atoms with E-state index in [0.717, 1.165) is 67.1 Å². The maximum Gasteiger partial charge on any atom is 0.254 e. The summed E-state index contributed by atoms with van der Waals surface area (Å²) >= 11 is 0. The van der Waals surface area contributed by atoms with Crippen molar-refractivity contribution < 1.29 is 9.32 Å². The molecule has 0 fully saturated rings. The highest BCUT2D eigenvalue weighted by Gasteiger charge is 2.32. The van der Waals surface area contributed by atoms with Crippen LogP contribution >= 0.6 is 0 Å². The number of para-hydroxylation sites is 3. The molecule has 6 heterocycles. The van der Waals surface area contributed by atoms with Crippen LogP contribution in [-0.2, 0) is 31.3 Å². The topological polar surface area (TPSA) is 95.6 Å². The van der Waals surface area contributed by atoms with Crippen molar-refractivity contribution in [2.24, 2.45) is 10.8 Å². The summed E-state index contributed by atoms with van der Waals surface area (Å²) in [7, 11) is 0. The number of hydrogen-bond donors (Lipinski definition) is 2. The van der Waals surface area contributed by atoms with Crippen molar-refractivity contribution in [1.29, 1.82) is 0 Å². The number of anilines is 2. The van der Waals surface area contributed by atoms with E-state index in [1.807, 2.05) is 70.1 Å². The molecule has 0 saturated heterocycles. The summed E-state index contributed by atoms with van der Waals surface area (Å²) in [6.45, 7) is 33.3. The maximum atomic E-state index is 12.0. The van der Waals surface area contributed by atoms with Gasteiger partial charge in [-0.2, -0.15) is 0 Å². The van der Waals surface area contributed by atoms with Crippen LogP contribution in [0.1, 0.15) is 134 Å². The first-order chi connectivity index (χ1) is 31.6. The summed E-state index contributed by atoms with van der Waals surface area (Å²) < 4.78 is 7.10. The Kier molecular flexibility index (Phi) is 16.3. The molecule has 0 spiro atoms. The molecule has 2 aromatic heterocycles. The number of carbonyl (C=O) groups excluding carboxylic acids is 1. The second kappa shape index (κ2) is 21.5. The highest BCUT2D eigenvalue weighted by molar-refractivity contribution is 5.96.